The van der Waals surface area contributed by atoms with Crippen molar-refractivity contribution >= 4 is 29.4 Å². The topological polar surface area (TPSA) is 87.7 Å². The predicted molar refractivity (Wildman–Crippen MR) is 145 cm³/mol. The maximum atomic E-state index is 13.4. The van der Waals surface area contributed by atoms with Crippen LogP contribution < -0.4 is 5.32 Å². The van der Waals surface area contributed by atoms with Crippen LogP contribution in [-0.2, 0) is 29.0 Å². The Morgan fingerprint density at radius 1 is 1.11 bits per heavy atom. The number of hydrogen-bond acceptors (Lipinski definition) is 6. The minimum absolute atomic E-state index is 0.0314. The van der Waals surface area contributed by atoms with Crippen LogP contribution in [0, 0.1) is 0 Å². The zero-order chi connectivity index (χ0) is 26.2. The van der Waals surface area contributed by atoms with Crippen molar-refractivity contribution in [1.82, 2.24) is 19.8 Å². The Labute approximate surface area is 227 Å². The Morgan fingerprint density at radius 3 is 2.71 bits per heavy atom. The number of benzene rings is 2. The lowest BCUT2D eigenvalue weighted by Gasteiger charge is -2.35. The highest BCUT2D eigenvalue weighted by Crippen LogP contribution is 2.32. The van der Waals surface area contributed by atoms with Gasteiger partial charge in [-0.1, -0.05) is 48.0 Å². The van der Waals surface area contributed by atoms with E-state index in [0.717, 1.165) is 30.4 Å². The molecule has 0 bridgehead atoms. The highest BCUT2D eigenvalue weighted by molar-refractivity contribution is 6.33. The average Bonchev–Trinajstić information content (AvgIpc) is 3.24. The third-order valence-electron chi connectivity index (χ3n) is 7.71. The lowest BCUT2D eigenvalue weighted by Crippen LogP contribution is -2.47. The number of halogens is 1. The van der Waals surface area contributed by atoms with Crippen molar-refractivity contribution in [3.63, 3.8) is 0 Å². The molecule has 1 saturated heterocycles. The Balaban J connectivity index is 1.17. The number of rotatable bonds is 5. The molecule has 3 aromatic rings. The summed E-state index contributed by atoms with van der Waals surface area (Å²) < 4.78 is 5.43. The number of carbonyl (C=O) groups is 2. The number of carbonyl (C=O) groups excluding carboxylic acids is 2. The third-order valence-corrected chi connectivity index (χ3v) is 7.99. The van der Waals surface area contributed by atoms with Gasteiger partial charge in [0.2, 0.25) is 11.9 Å². The minimum atomic E-state index is -0.147. The maximum absolute atomic E-state index is 13.4. The second kappa shape index (κ2) is 10.3. The van der Waals surface area contributed by atoms with Crippen LogP contribution in [0.2, 0.25) is 5.02 Å². The zero-order valence-corrected chi connectivity index (χ0v) is 22.1. The normalized spacial score (nSPS) is 19.3. The smallest absolute Gasteiger partial charge is 0.254 e. The molecular formula is C29H30ClN5O3. The third kappa shape index (κ3) is 4.86. The summed E-state index contributed by atoms with van der Waals surface area (Å²) in [5.74, 6) is 0.328. The predicted octanol–water partition coefficient (Wildman–Crippen LogP) is 4.32. The molecule has 8 nitrogen and oxygen atoms in total. The van der Waals surface area contributed by atoms with Crippen molar-refractivity contribution in [2.24, 2.45) is 0 Å². The van der Waals surface area contributed by atoms with Crippen molar-refractivity contribution in [1.29, 1.82) is 0 Å². The molecule has 2 amide bonds. The number of amides is 2. The van der Waals surface area contributed by atoms with E-state index in [9.17, 15) is 9.59 Å². The summed E-state index contributed by atoms with van der Waals surface area (Å²) in [6.07, 6.45) is 4.20. The van der Waals surface area contributed by atoms with E-state index in [1.165, 1.54) is 11.1 Å². The highest BCUT2D eigenvalue weighted by atomic mass is 35.5. The Bertz CT molecular complexity index is 1390. The summed E-state index contributed by atoms with van der Waals surface area (Å²) in [5, 5.41) is 3.79. The van der Waals surface area contributed by atoms with Crippen LogP contribution in [0.1, 0.15) is 46.8 Å². The second-order valence-electron chi connectivity index (χ2n) is 10.3. The second-order valence-corrected chi connectivity index (χ2v) is 10.7. The van der Waals surface area contributed by atoms with E-state index in [4.69, 9.17) is 16.3 Å². The van der Waals surface area contributed by atoms with Crippen molar-refractivity contribution in [2.75, 3.05) is 25.1 Å². The molecule has 4 heterocycles. The number of anilines is 1. The van der Waals surface area contributed by atoms with Crippen LogP contribution in [-0.4, -0.2) is 63.4 Å². The first-order valence-electron chi connectivity index (χ1n) is 13.1. The van der Waals surface area contributed by atoms with Crippen molar-refractivity contribution in [2.45, 2.75) is 51.4 Å². The van der Waals surface area contributed by atoms with Gasteiger partial charge >= 0.3 is 0 Å². The number of nitrogens with one attached hydrogen (secondary N) is 1. The lowest BCUT2D eigenvalue weighted by molar-refractivity contribution is -0.135. The molecule has 1 aromatic heterocycles. The molecule has 0 spiro atoms. The maximum Gasteiger partial charge on any atom is 0.254 e. The molecule has 1 unspecified atom stereocenters. The summed E-state index contributed by atoms with van der Waals surface area (Å²) in [6, 6.07) is 14.3. The van der Waals surface area contributed by atoms with Crippen molar-refractivity contribution in [3.8, 4) is 11.3 Å². The number of fused-ring (bicyclic) bond motifs is 2. The van der Waals surface area contributed by atoms with Gasteiger partial charge in [0.25, 0.3) is 5.91 Å². The number of nitrogens with zero attached hydrogens (tertiary/aromatic N) is 4. The summed E-state index contributed by atoms with van der Waals surface area (Å²) in [7, 11) is 0. The molecule has 6 rings (SSSR count). The van der Waals surface area contributed by atoms with E-state index in [2.05, 4.69) is 34.3 Å². The van der Waals surface area contributed by atoms with Gasteiger partial charge in [0.15, 0.2) is 0 Å². The van der Waals surface area contributed by atoms with Crippen LogP contribution in [0.4, 0.5) is 5.95 Å². The molecule has 196 valence electrons. The molecule has 1 fully saturated rings. The zero-order valence-electron chi connectivity index (χ0n) is 21.3. The van der Waals surface area contributed by atoms with E-state index in [1.807, 2.05) is 35.2 Å². The molecule has 38 heavy (non-hydrogen) atoms. The molecule has 0 saturated carbocycles. The first-order valence-corrected chi connectivity index (χ1v) is 13.5. The van der Waals surface area contributed by atoms with Gasteiger partial charge in [0.1, 0.15) is 6.54 Å². The van der Waals surface area contributed by atoms with Crippen LogP contribution in [0.15, 0.2) is 48.7 Å². The SMILES string of the molecule is CC1Cc2ccccc2CN1C(=O)CN1Cc2ccc(-c3nc(NC4CCOCC4)ncc3Cl)cc2C1=O. The standard InChI is InChI=1S/C29H30ClN5O3/c1-18-12-19-4-2-3-5-21(19)16-35(18)26(36)17-34-15-22-7-6-20(13-24(22)28(34)37)27-25(30)14-31-29(33-27)32-23-8-10-38-11-9-23/h2-7,13-14,18,23H,8-12,15-17H2,1H3,(H,31,32,33). The Morgan fingerprint density at radius 2 is 1.89 bits per heavy atom. The molecule has 1 atom stereocenters. The van der Waals surface area contributed by atoms with Gasteiger partial charge in [0, 0.05) is 49.5 Å². The van der Waals surface area contributed by atoms with Gasteiger partial charge in [-0.2, -0.15) is 0 Å². The monoisotopic (exact) mass is 531 g/mol. The molecule has 0 radical (unpaired) electrons. The van der Waals surface area contributed by atoms with Gasteiger partial charge in [-0.3, -0.25) is 9.59 Å². The van der Waals surface area contributed by atoms with E-state index in [-0.39, 0.29) is 30.4 Å². The molecule has 3 aliphatic heterocycles. The van der Waals surface area contributed by atoms with Gasteiger partial charge in [-0.25, -0.2) is 9.97 Å². The number of hydrogen-bond donors (Lipinski definition) is 1. The van der Waals surface area contributed by atoms with E-state index in [1.54, 1.807) is 11.1 Å². The summed E-state index contributed by atoms with van der Waals surface area (Å²) in [5.41, 5.74) is 5.26. The van der Waals surface area contributed by atoms with Crippen molar-refractivity contribution < 1.29 is 14.3 Å². The first-order chi connectivity index (χ1) is 18.5. The van der Waals surface area contributed by atoms with Gasteiger partial charge in [-0.05, 0) is 48.9 Å². The van der Waals surface area contributed by atoms with Crippen LogP contribution in [0.5, 0.6) is 0 Å². The highest BCUT2D eigenvalue weighted by Gasteiger charge is 2.33. The largest absolute Gasteiger partial charge is 0.381 e. The lowest BCUT2D eigenvalue weighted by atomic mass is 9.95. The first kappa shape index (κ1) is 24.8. The summed E-state index contributed by atoms with van der Waals surface area (Å²) in [4.78, 5) is 39.2. The molecule has 0 aliphatic carbocycles. The summed E-state index contributed by atoms with van der Waals surface area (Å²) in [6.45, 7) is 4.54. The quantitative estimate of drug-likeness (QED) is 0.527. The Hall–Kier alpha value is -3.49. The fourth-order valence-corrected chi connectivity index (χ4v) is 5.77. The minimum Gasteiger partial charge on any atom is -0.381 e. The van der Waals surface area contributed by atoms with Crippen LogP contribution >= 0.6 is 11.6 Å². The molecule has 9 heteroatoms. The number of ether oxygens (including phenoxy) is 1. The van der Waals surface area contributed by atoms with E-state index in [0.29, 0.717) is 48.5 Å². The van der Waals surface area contributed by atoms with Crippen molar-refractivity contribution in [3.05, 3.63) is 75.9 Å². The average molecular weight is 532 g/mol. The molecule has 1 N–H and O–H groups in total. The summed E-state index contributed by atoms with van der Waals surface area (Å²) >= 11 is 6.48. The van der Waals surface area contributed by atoms with Gasteiger partial charge in [-0.15, -0.1) is 0 Å². The Kier molecular flexibility index (Phi) is 6.76. The number of aromatic nitrogens is 2. The fraction of sp³-hybridized carbons (Fsp3) is 0.379. The van der Waals surface area contributed by atoms with E-state index >= 15 is 0 Å². The molecule has 3 aliphatic rings. The molecular weight excluding hydrogens is 502 g/mol. The van der Waals surface area contributed by atoms with Gasteiger partial charge < -0.3 is 19.9 Å². The fourth-order valence-electron chi connectivity index (χ4n) is 5.57. The van der Waals surface area contributed by atoms with Crippen LogP contribution in [0.25, 0.3) is 11.3 Å². The van der Waals surface area contributed by atoms with Crippen LogP contribution in [0.3, 0.4) is 0 Å². The van der Waals surface area contributed by atoms with E-state index < -0.39 is 0 Å². The molecule has 2 aromatic carbocycles. The van der Waals surface area contributed by atoms with Gasteiger partial charge in [0.05, 0.1) is 16.9 Å².